The normalized spacial score (nSPS) is 16.9. The Morgan fingerprint density at radius 3 is 2.69 bits per heavy atom. The SMILES string of the molecule is CN=C(NCCNC(=O)c1ccc(Br)cc1)N1CCOC(c2cnn(C)c2)C1.I. The van der Waals surface area contributed by atoms with Crippen LogP contribution in [0.15, 0.2) is 46.1 Å². The van der Waals surface area contributed by atoms with Crippen LogP contribution < -0.4 is 10.6 Å². The molecule has 1 atom stereocenters. The lowest BCUT2D eigenvalue weighted by atomic mass is 10.1. The fourth-order valence-corrected chi connectivity index (χ4v) is 3.30. The Hall–Kier alpha value is -1.66. The van der Waals surface area contributed by atoms with Crippen LogP contribution in [0.4, 0.5) is 0 Å². The highest BCUT2D eigenvalue weighted by Crippen LogP contribution is 2.21. The Balaban J connectivity index is 0.00000300. The predicted octanol–water partition coefficient (Wildman–Crippen LogP) is 2.18. The van der Waals surface area contributed by atoms with E-state index in [2.05, 4.69) is 41.6 Å². The smallest absolute Gasteiger partial charge is 0.251 e. The van der Waals surface area contributed by atoms with E-state index < -0.39 is 0 Å². The van der Waals surface area contributed by atoms with E-state index in [9.17, 15) is 4.79 Å². The van der Waals surface area contributed by atoms with Crippen molar-refractivity contribution in [2.75, 3.05) is 39.8 Å². The monoisotopic (exact) mass is 576 g/mol. The summed E-state index contributed by atoms with van der Waals surface area (Å²) in [6, 6.07) is 7.29. The first-order valence-electron chi connectivity index (χ1n) is 9.16. The summed E-state index contributed by atoms with van der Waals surface area (Å²) in [5.41, 5.74) is 1.70. The summed E-state index contributed by atoms with van der Waals surface area (Å²) in [5.74, 6) is 0.711. The van der Waals surface area contributed by atoms with Crippen molar-refractivity contribution in [3.63, 3.8) is 0 Å². The van der Waals surface area contributed by atoms with Crippen LogP contribution in [-0.2, 0) is 11.8 Å². The van der Waals surface area contributed by atoms with Crippen LogP contribution in [0, 0.1) is 0 Å². The highest BCUT2D eigenvalue weighted by molar-refractivity contribution is 14.0. The third-order valence-corrected chi connectivity index (χ3v) is 5.00. The van der Waals surface area contributed by atoms with E-state index in [0.717, 1.165) is 22.5 Å². The molecule has 1 aliphatic rings. The summed E-state index contributed by atoms with van der Waals surface area (Å²) < 4.78 is 8.60. The number of aliphatic imine (C=N–C) groups is 1. The van der Waals surface area contributed by atoms with Crippen molar-refractivity contribution < 1.29 is 9.53 Å². The second kappa shape index (κ2) is 11.5. The number of carbonyl (C=O) groups excluding carboxylic acids is 1. The lowest BCUT2D eigenvalue weighted by molar-refractivity contribution is -0.00800. The van der Waals surface area contributed by atoms with Gasteiger partial charge in [0.15, 0.2) is 5.96 Å². The average Bonchev–Trinajstić information content (AvgIpc) is 3.15. The molecular weight excluding hydrogens is 551 g/mol. The summed E-state index contributed by atoms with van der Waals surface area (Å²) in [6.45, 7) is 3.19. The van der Waals surface area contributed by atoms with Crippen LogP contribution in [0.25, 0.3) is 0 Å². The molecule has 1 fully saturated rings. The van der Waals surface area contributed by atoms with E-state index in [-0.39, 0.29) is 36.0 Å². The van der Waals surface area contributed by atoms with Gasteiger partial charge in [0.25, 0.3) is 5.91 Å². The molecule has 8 nitrogen and oxygen atoms in total. The summed E-state index contributed by atoms with van der Waals surface area (Å²) >= 11 is 3.37. The van der Waals surface area contributed by atoms with Gasteiger partial charge in [0.1, 0.15) is 6.10 Å². The number of amides is 1. The number of nitrogens with zero attached hydrogens (tertiary/aromatic N) is 4. The summed E-state index contributed by atoms with van der Waals surface area (Å²) in [7, 11) is 3.66. The summed E-state index contributed by atoms with van der Waals surface area (Å²) in [5, 5.41) is 10.4. The number of halogens is 2. The Bertz CT molecular complexity index is 826. The fraction of sp³-hybridized carbons (Fsp3) is 0.421. The van der Waals surface area contributed by atoms with E-state index >= 15 is 0 Å². The maximum absolute atomic E-state index is 12.2. The molecule has 1 aromatic heterocycles. The van der Waals surface area contributed by atoms with E-state index in [1.807, 2.05) is 31.6 Å². The Morgan fingerprint density at radius 2 is 2.03 bits per heavy atom. The largest absolute Gasteiger partial charge is 0.370 e. The van der Waals surface area contributed by atoms with Gasteiger partial charge in [-0.3, -0.25) is 14.5 Å². The average molecular weight is 577 g/mol. The quantitative estimate of drug-likeness (QED) is 0.247. The molecule has 1 aliphatic heterocycles. The van der Waals surface area contributed by atoms with E-state index in [4.69, 9.17) is 4.74 Å². The van der Waals surface area contributed by atoms with Crippen LogP contribution in [0.5, 0.6) is 0 Å². The minimum atomic E-state index is -0.0905. The van der Waals surface area contributed by atoms with Crippen molar-refractivity contribution >= 4 is 51.8 Å². The number of ether oxygens (including phenoxy) is 1. The second-order valence-corrected chi connectivity index (χ2v) is 7.41. The molecule has 2 heterocycles. The van der Waals surface area contributed by atoms with Crippen molar-refractivity contribution in [2.45, 2.75) is 6.10 Å². The van der Waals surface area contributed by atoms with Crippen molar-refractivity contribution in [3.8, 4) is 0 Å². The van der Waals surface area contributed by atoms with Crippen molar-refractivity contribution in [1.29, 1.82) is 0 Å². The van der Waals surface area contributed by atoms with Gasteiger partial charge < -0.3 is 20.3 Å². The van der Waals surface area contributed by atoms with E-state index in [1.54, 1.807) is 23.9 Å². The zero-order valence-corrected chi connectivity index (χ0v) is 20.4. The van der Waals surface area contributed by atoms with Gasteiger partial charge in [0.05, 0.1) is 19.3 Å². The highest BCUT2D eigenvalue weighted by atomic mass is 127. The van der Waals surface area contributed by atoms with Crippen LogP contribution in [0.1, 0.15) is 22.0 Å². The molecule has 1 amide bonds. The van der Waals surface area contributed by atoms with Gasteiger partial charge in [0, 0.05) is 55.5 Å². The van der Waals surface area contributed by atoms with Gasteiger partial charge in [-0.1, -0.05) is 15.9 Å². The first kappa shape index (κ1) is 23.6. The third-order valence-electron chi connectivity index (χ3n) is 4.47. The molecule has 0 spiro atoms. The van der Waals surface area contributed by atoms with Gasteiger partial charge in [0.2, 0.25) is 0 Å². The number of guanidine groups is 1. The second-order valence-electron chi connectivity index (χ2n) is 6.49. The standard InChI is InChI=1S/C19H25BrN6O2.HI/c1-21-19(23-8-7-22-18(27)14-3-5-16(20)6-4-14)26-9-10-28-17(13-26)15-11-24-25(2)12-15;/h3-6,11-12,17H,7-10,13H2,1-2H3,(H,21,23)(H,22,27);1H. The molecule has 158 valence electrons. The molecule has 2 N–H and O–H groups in total. The summed E-state index contributed by atoms with van der Waals surface area (Å²) in [4.78, 5) is 18.7. The van der Waals surface area contributed by atoms with Crippen molar-refractivity contribution in [1.82, 2.24) is 25.3 Å². The molecule has 0 saturated carbocycles. The van der Waals surface area contributed by atoms with Crippen LogP contribution in [-0.4, -0.2) is 66.4 Å². The fourth-order valence-electron chi connectivity index (χ4n) is 3.04. The molecule has 1 unspecified atom stereocenters. The Morgan fingerprint density at radius 1 is 1.31 bits per heavy atom. The highest BCUT2D eigenvalue weighted by Gasteiger charge is 2.25. The Kier molecular flexibility index (Phi) is 9.37. The molecular formula is C19H26BrIN6O2. The van der Waals surface area contributed by atoms with Crippen LogP contribution >= 0.6 is 39.9 Å². The lowest BCUT2D eigenvalue weighted by Gasteiger charge is -2.34. The number of morpholine rings is 1. The number of nitrogens with one attached hydrogen (secondary N) is 2. The number of hydrogen-bond acceptors (Lipinski definition) is 4. The molecule has 1 aromatic carbocycles. The molecule has 3 rings (SSSR count). The number of carbonyl (C=O) groups is 1. The minimum Gasteiger partial charge on any atom is -0.370 e. The number of benzene rings is 1. The number of hydrogen-bond donors (Lipinski definition) is 2. The first-order valence-corrected chi connectivity index (χ1v) is 9.95. The van der Waals surface area contributed by atoms with Crippen LogP contribution in [0.3, 0.4) is 0 Å². The van der Waals surface area contributed by atoms with E-state index in [0.29, 0.717) is 31.8 Å². The van der Waals surface area contributed by atoms with Gasteiger partial charge in [-0.25, -0.2) is 0 Å². The molecule has 0 aliphatic carbocycles. The van der Waals surface area contributed by atoms with Crippen LogP contribution in [0.2, 0.25) is 0 Å². The number of rotatable bonds is 5. The molecule has 0 radical (unpaired) electrons. The van der Waals surface area contributed by atoms with Crippen molar-refractivity contribution in [3.05, 3.63) is 52.3 Å². The molecule has 0 bridgehead atoms. The Labute approximate surface area is 196 Å². The summed E-state index contributed by atoms with van der Waals surface area (Å²) in [6.07, 6.45) is 3.78. The predicted molar refractivity (Wildman–Crippen MR) is 127 cm³/mol. The molecule has 2 aromatic rings. The van der Waals surface area contributed by atoms with Gasteiger partial charge in [-0.15, -0.1) is 24.0 Å². The third kappa shape index (κ3) is 6.68. The van der Waals surface area contributed by atoms with Gasteiger partial charge in [-0.05, 0) is 24.3 Å². The molecule has 29 heavy (non-hydrogen) atoms. The zero-order valence-electron chi connectivity index (χ0n) is 16.5. The minimum absolute atomic E-state index is 0. The lowest BCUT2D eigenvalue weighted by Crippen LogP contribution is -2.49. The molecule has 1 saturated heterocycles. The molecule has 10 heteroatoms. The first-order chi connectivity index (χ1) is 13.6. The van der Waals surface area contributed by atoms with Gasteiger partial charge in [-0.2, -0.15) is 5.10 Å². The number of aromatic nitrogens is 2. The van der Waals surface area contributed by atoms with Crippen molar-refractivity contribution in [2.24, 2.45) is 12.0 Å². The maximum atomic E-state index is 12.2. The maximum Gasteiger partial charge on any atom is 0.251 e. The van der Waals surface area contributed by atoms with Gasteiger partial charge >= 0.3 is 0 Å². The zero-order chi connectivity index (χ0) is 19.9. The van der Waals surface area contributed by atoms with E-state index in [1.165, 1.54) is 0 Å². The topological polar surface area (TPSA) is 83.8 Å². The number of aryl methyl sites for hydroxylation is 1.